The molecular weight excluding hydrogens is 619 g/mol. The molecule has 0 fully saturated rings. The van der Waals surface area contributed by atoms with E-state index in [4.69, 9.17) is 4.42 Å². The zero-order chi connectivity index (χ0) is 34.1. The third-order valence-electron chi connectivity index (χ3n) is 10.9. The standard InChI is InChI=1S/C49H35NO/c1-49(2)42-24-9-8-19-41(42)46-43(49)25-13-26-44(46)50(35-30-28-34(29-31-35)37-20-10-17-32-16-6-7-18-36(32)37)45-27-12-23-40-39-22-11-21-38(47(39)51-48(40)45)33-14-4-3-5-15-33/h3-31H,1-2H3. The molecule has 0 radical (unpaired) electrons. The molecule has 0 unspecified atom stereocenters. The van der Waals surface area contributed by atoms with Crippen molar-refractivity contribution in [2.75, 3.05) is 4.90 Å². The topological polar surface area (TPSA) is 16.4 Å². The molecule has 0 amide bonds. The molecule has 9 aromatic rings. The predicted molar refractivity (Wildman–Crippen MR) is 214 cm³/mol. The lowest BCUT2D eigenvalue weighted by Crippen LogP contribution is -2.16. The van der Waals surface area contributed by atoms with Crippen LogP contribution in [0.3, 0.4) is 0 Å². The average Bonchev–Trinajstić information content (AvgIpc) is 3.69. The van der Waals surface area contributed by atoms with Crippen molar-refractivity contribution in [2.45, 2.75) is 19.3 Å². The molecule has 1 aliphatic carbocycles. The fourth-order valence-electron chi connectivity index (χ4n) is 8.42. The van der Waals surface area contributed by atoms with Gasteiger partial charge in [0.1, 0.15) is 5.58 Å². The third-order valence-corrected chi connectivity index (χ3v) is 10.9. The van der Waals surface area contributed by atoms with Gasteiger partial charge in [-0.2, -0.15) is 0 Å². The highest BCUT2D eigenvalue weighted by Gasteiger charge is 2.38. The van der Waals surface area contributed by atoms with Gasteiger partial charge in [0.05, 0.1) is 11.4 Å². The number of anilines is 3. The Hall–Kier alpha value is -6.38. The second-order valence-corrected chi connectivity index (χ2v) is 14.1. The molecule has 2 nitrogen and oxygen atoms in total. The van der Waals surface area contributed by atoms with E-state index in [1.54, 1.807) is 0 Å². The predicted octanol–water partition coefficient (Wildman–Crippen LogP) is 13.8. The summed E-state index contributed by atoms with van der Waals surface area (Å²) >= 11 is 0. The Kier molecular flexibility index (Phi) is 6.56. The van der Waals surface area contributed by atoms with Crippen LogP contribution in [0.4, 0.5) is 17.1 Å². The van der Waals surface area contributed by atoms with Gasteiger partial charge in [-0.25, -0.2) is 0 Å². The molecule has 1 heterocycles. The van der Waals surface area contributed by atoms with Gasteiger partial charge in [-0.1, -0.05) is 166 Å². The largest absolute Gasteiger partial charge is 0.453 e. The molecule has 0 saturated carbocycles. The summed E-state index contributed by atoms with van der Waals surface area (Å²) in [6.45, 7) is 4.69. The SMILES string of the molecule is CC1(C)c2ccccc2-c2c(N(c3ccc(-c4cccc5ccccc45)cc3)c3cccc4c3oc3c(-c5ccccc5)cccc34)cccc21. The summed E-state index contributed by atoms with van der Waals surface area (Å²) in [5.74, 6) is 0. The Morgan fingerprint density at radius 3 is 1.84 bits per heavy atom. The fraction of sp³-hybridized carbons (Fsp3) is 0.0612. The van der Waals surface area contributed by atoms with Gasteiger partial charge >= 0.3 is 0 Å². The van der Waals surface area contributed by atoms with Gasteiger partial charge in [-0.15, -0.1) is 0 Å². The van der Waals surface area contributed by atoms with Crippen LogP contribution >= 0.6 is 0 Å². The third kappa shape index (κ3) is 4.50. The molecule has 0 bridgehead atoms. The van der Waals surface area contributed by atoms with Crippen LogP contribution in [0.5, 0.6) is 0 Å². The second-order valence-electron chi connectivity index (χ2n) is 14.1. The molecule has 2 heteroatoms. The monoisotopic (exact) mass is 653 g/mol. The first-order valence-electron chi connectivity index (χ1n) is 17.7. The summed E-state index contributed by atoms with van der Waals surface area (Å²) in [6.07, 6.45) is 0. The maximum Gasteiger partial charge on any atom is 0.159 e. The summed E-state index contributed by atoms with van der Waals surface area (Å²) in [6, 6.07) is 63.5. The van der Waals surface area contributed by atoms with Crippen molar-refractivity contribution in [1.29, 1.82) is 0 Å². The van der Waals surface area contributed by atoms with Crippen LogP contribution in [0.1, 0.15) is 25.0 Å². The Morgan fingerprint density at radius 2 is 0.980 bits per heavy atom. The molecule has 1 aliphatic rings. The summed E-state index contributed by atoms with van der Waals surface area (Å²) in [7, 11) is 0. The lowest BCUT2D eigenvalue weighted by molar-refractivity contribution is 0.660. The summed E-state index contributed by atoms with van der Waals surface area (Å²) in [4.78, 5) is 2.41. The molecule has 10 rings (SSSR count). The van der Waals surface area contributed by atoms with Gasteiger partial charge in [-0.05, 0) is 68.4 Å². The summed E-state index contributed by atoms with van der Waals surface area (Å²) in [5.41, 5.74) is 14.8. The Morgan fingerprint density at radius 1 is 0.412 bits per heavy atom. The minimum atomic E-state index is -0.123. The Bertz CT molecular complexity index is 2770. The zero-order valence-corrected chi connectivity index (χ0v) is 28.6. The van der Waals surface area contributed by atoms with E-state index < -0.39 is 0 Å². The van der Waals surface area contributed by atoms with Gasteiger partial charge < -0.3 is 9.32 Å². The van der Waals surface area contributed by atoms with Gasteiger partial charge in [-0.3, -0.25) is 0 Å². The van der Waals surface area contributed by atoms with Gasteiger partial charge in [0.15, 0.2) is 5.58 Å². The number of benzene rings is 8. The number of para-hydroxylation sites is 2. The second kappa shape index (κ2) is 11.3. The number of rotatable bonds is 5. The average molecular weight is 654 g/mol. The molecule has 8 aromatic carbocycles. The van der Waals surface area contributed by atoms with Gasteiger partial charge in [0, 0.05) is 33.0 Å². The van der Waals surface area contributed by atoms with Gasteiger partial charge in [0.25, 0.3) is 0 Å². The van der Waals surface area contributed by atoms with E-state index in [9.17, 15) is 0 Å². The van der Waals surface area contributed by atoms with Gasteiger partial charge in [0.2, 0.25) is 0 Å². The Labute approximate surface area is 297 Å². The van der Waals surface area contributed by atoms with Crippen LogP contribution in [0.15, 0.2) is 180 Å². The van der Waals surface area contributed by atoms with E-state index >= 15 is 0 Å². The number of fused-ring (bicyclic) bond motifs is 7. The normalized spacial score (nSPS) is 13.1. The van der Waals surface area contributed by atoms with Crippen LogP contribution in [-0.4, -0.2) is 0 Å². The molecule has 51 heavy (non-hydrogen) atoms. The highest BCUT2D eigenvalue weighted by molar-refractivity contribution is 6.14. The fourth-order valence-corrected chi connectivity index (χ4v) is 8.42. The van der Waals surface area contributed by atoms with E-state index in [0.29, 0.717) is 0 Å². The van der Waals surface area contributed by atoms with Crippen molar-refractivity contribution >= 4 is 49.8 Å². The molecule has 1 aromatic heterocycles. The number of hydrogen-bond donors (Lipinski definition) is 0. The molecule has 0 N–H and O–H groups in total. The molecule has 0 saturated heterocycles. The minimum Gasteiger partial charge on any atom is -0.453 e. The van der Waals surface area contributed by atoms with Crippen molar-refractivity contribution in [3.63, 3.8) is 0 Å². The molecule has 0 atom stereocenters. The van der Waals surface area contributed by atoms with E-state index in [0.717, 1.165) is 50.1 Å². The lowest BCUT2D eigenvalue weighted by Gasteiger charge is -2.29. The number of furan rings is 1. The summed E-state index contributed by atoms with van der Waals surface area (Å²) < 4.78 is 7.02. The maximum atomic E-state index is 7.02. The maximum absolute atomic E-state index is 7.02. The van der Waals surface area contributed by atoms with Crippen LogP contribution < -0.4 is 4.90 Å². The van der Waals surface area contributed by atoms with Crippen LogP contribution in [0.25, 0.3) is 66.1 Å². The van der Waals surface area contributed by atoms with Crippen molar-refractivity contribution in [3.8, 4) is 33.4 Å². The van der Waals surface area contributed by atoms with Crippen molar-refractivity contribution in [2.24, 2.45) is 0 Å². The first-order valence-corrected chi connectivity index (χ1v) is 17.7. The highest BCUT2D eigenvalue weighted by atomic mass is 16.3. The smallest absolute Gasteiger partial charge is 0.159 e. The minimum absolute atomic E-state index is 0.123. The number of hydrogen-bond acceptors (Lipinski definition) is 2. The molecule has 0 aliphatic heterocycles. The Balaban J connectivity index is 1.23. The quantitative estimate of drug-likeness (QED) is 0.184. The van der Waals surface area contributed by atoms with Crippen LogP contribution in [0.2, 0.25) is 0 Å². The first-order chi connectivity index (χ1) is 25.1. The van der Waals surface area contributed by atoms with Crippen LogP contribution in [0, 0.1) is 0 Å². The molecular formula is C49H35NO. The molecule has 0 spiro atoms. The van der Waals surface area contributed by atoms with Crippen molar-refractivity contribution in [1.82, 2.24) is 0 Å². The lowest BCUT2D eigenvalue weighted by atomic mass is 9.82. The zero-order valence-electron chi connectivity index (χ0n) is 28.6. The first kappa shape index (κ1) is 29.5. The van der Waals surface area contributed by atoms with E-state index in [1.807, 2.05) is 0 Å². The van der Waals surface area contributed by atoms with E-state index in [1.165, 1.54) is 44.2 Å². The van der Waals surface area contributed by atoms with Crippen molar-refractivity contribution < 1.29 is 4.42 Å². The van der Waals surface area contributed by atoms with Crippen LogP contribution in [-0.2, 0) is 5.41 Å². The van der Waals surface area contributed by atoms with Crippen molar-refractivity contribution in [3.05, 3.63) is 187 Å². The highest BCUT2D eigenvalue weighted by Crippen LogP contribution is 2.55. The van der Waals surface area contributed by atoms with E-state index in [-0.39, 0.29) is 5.41 Å². The summed E-state index contributed by atoms with van der Waals surface area (Å²) in [5, 5.41) is 4.72. The molecule has 242 valence electrons. The number of nitrogens with zero attached hydrogens (tertiary/aromatic N) is 1. The van der Waals surface area contributed by atoms with E-state index in [2.05, 4.69) is 195 Å².